The molecular weight excluding hydrogens is 376 g/mol. The zero-order chi connectivity index (χ0) is 21.1. The number of carbonyl (C=O) groups is 2. The van der Waals surface area contributed by atoms with Crippen LogP contribution in [0.3, 0.4) is 0 Å². The minimum atomic E-state index is -0.0616. The van der Waals surface area contributed by atoms with Crippen LogP contribution in [0.1, 0.15) is 49.7 Å². The van der Waals surface area contributed by atoms with Crippen molar-refractivity contribution >= 4 is 17.6 Å². The van der Waals surface area contributed by atoms with Gasteiger partial charge < -0.3 is 15.1 Å². The van der Waals surface area contributed by atoms with Crippen LogP contribution in [0.15, 0.2) is 48.8 Å². The van der Waals surface area contributed by atoms with Gasteiger partial charge in [0.1, 0.15) is 0 Å². The second kappa shape index (κ2) is 8.86. The molecule has 6 nitrogen and oxygen atoms in total. The minimum absolute atomic E-state index is 0.0616. The van der Waals surface area contributed by atoms with Crippen LogP contribution in [-0.4, -0.2) is 52.9 Å². The molecule has 2 fully saturated rings. The third kappa shape index (κ3) is 4.64. The van der Waals surface area contributed by atoms with Crippen molar-refractivity contribution in [2.75, 3.05) is 31.5 Å². The van der Waals surface area contributed by atoms with E-state index in [0.29, 0.717) is 24.2 Å². The number of benzene rings is 1. The first-order valence-corrected chi connectivity index (χ1v) is 10.8. The summed E-state index contributed by atoms with van der Waals surface area (Å²) in [6.45, 7) is 7.33. The topological polar surface area (TPSA) is 65.5 Å². The van der Waals surface area contributed by atoms with Gasteiger partial charge in [0.25, 0.3) is 0 Å². The molecule has 0 spiro atoms. The zero-order valence-corrected chi connectivity index (χ0v) is 17.8. The van der Waals surface area contributed by atoms with Crippen LogP contribution in [0.2, 0.25) is 0 Å². The van der Waals surface area contributed by atoms with Gasteiger partial charge in [-0.2, -0.15) is 0 Å². The number of nitrogens with zero attached hydrogens (tertiary/aromatic N) is 3. The molecule has 6 heteroatoms. The average Bonchev–Trinajstić information content (AvgIpc) is 2.66. The molecule has 3 heterocycles. The summed E-state index contributed by atoms with van der Waals surface area (Å²) in [4.78, 5) is 32.5. The Morgan fingerprint density at radius 3 is 2.30 bits per heavy atom. The van der Waals surface area contributed by atoms with E-state index in [1.165, 1.54) is 11.1 Å². The fourth-order valence-electron chi connectivity index (χ4n) is 3.98. The highest BCUT2D eigenvalue weighted by Crippen LogP contribution is 2.30. The van der Waals surface area contributed by atoms with Crippen LogP contribution < -0.4 is 5.32 Å². The van der Waals surface area contributed by atoms with Gasteiger partial charge >= 0.3 is 6.03 Å². The van der Waals surface area contributed by atoms with Gasteiger partial charge in [-0.05, 0) is 41.7 Å². The number of hydrogen-bond donors (Lipinski definition) is 1. The van der Waals surface area contributed by atoms with Crippen molar-refractivity contribution in [1.29, 1.82) is 0 Å². The Balaban J connectivity index is 1.21. The van der Waals surface area contributed by atoms with Gasteiger partial charge in [0.15, 0.2) is 0 Å². The van der Waals surface area contributed by atoms with Crippen molar-refractivity contribution in [2.45, 2.75) is 38.5 Å². The van der Waals surface area contributed by atoms with E-state index < -0.39 is 0 Å². The largest absolute Gasteiger partial charge is 0.341 e. The summed E-state index contributed by atoms with van der Waals surface area (Å²) in [5.74, 6) is 1.60. The lowest BCUT2D eigenvalue weighted by Crippen LogP contribution is -2.50. The monoisotopic (exact) mass is 406 g/mol. The summed E-state index contributed by atoms with van der Waals surface area (Å²) in [6.07, 6.45) is 5.24. The molecule has 0 radical (unpaired) electrons. The molecule has 1 aromatic carbocycles. The predicted octanol–water partition coefficient (Wildman–Crippen LogP) is 4.07. The Hall–Kier alpha value is -2.89. The number of hydrogen-bond acceptors (Lipinski definition) is 3. The van der Waals surface area contributed by atoms with Gasteiger partial charge in [-0.1, -0.05) is 32.0 Å². The van der Waals surface area contributed by atoms with Gasteiger partial charge in [0.2, 0.25) is 5.91 Å². The van der Waals surface area contributed by atoms with Crippen molar-refractivity contribution in [3.63, 3.8) is 0 Å². The molecule has 0 unspecified atom stereocenters. The number of anilines is 1. The maximum absolute atomic E-state index is 12.4. The summed E-state index contributed by atoms with van der Waals surface area (Å²) in [5.41, 5.74) is 3.21. The molecular formula is C24H30N4O2. The van der Waals surface area contributed by atoms with E-state index in [0.717, 1.165) is 38.3 Å². The van der Waals surface area contributed by atoms with E-state index in [4.69, 9.17) is 0 Å². The van der Waals surface area contributed by atoms with Gasteiger partial charge in [0, 0.05) is 62.5 Å². The Labute approximate surface area is 178 Å². The third-order valence-electron chi connectivity index (χ3n) is 6.13. The number of amides is 3. The van der Waals surface area contributed by atoms with Gasteiger partial charge in [0.05, 0.1) is 0 Å². The maximum atomic E-state index is 12.4. The Morgan fingerprint density at radius 1 is 1.00 bits per heavy atom. The first kappa shape index (κ1) is 20.4. The fraction of sp³-hybridized carbons (Fsp3) is 0.458. The van der Waals surface area contributed by atoms with Crippen LogP contribution in [0.5, 0.6) is 0 Å². The SMILES string of the molecule is CC(C)CCC(=O)N1CC(c2ccc(NC(=O)N3CC(c4cccnc4)C3)cc2)C1. The standard InChI is InChI=1S/C24H30N4O2/c1-17(2)5-10-23(29)27-13-20(14-27)18-6-8-22(9-7-18)26-24(30)28-15-21(16-28)19-4-3-11-25-12-19/h3-4,6-9,11-12,17,20-21H,5,10,13-16H2,1-2H3,(H,26,30). The average molecular weight is 407 g/mol. The lowest BCUT2D eigenvalue weighted by molar-refractivity contribution is -0.135. The van der Waals surface area contributed by atoms with Gasteiger partial charge in [-0.25, -0.2) is 4.79 Å². The molecule has 4 rings (SSSR count). The van der Waals surface area contributed by atoms with E-state index in [1.54, 1.807) is 6.20 Å². The molecule has 1 N–H and O–H groups in total. The lowest BCUT2D eigenvalue weighted by Gasteiger charge is -2.40. The fourth-order valence-corrected chi connectivity index (χ4v) is 3.98. The molecule has 30 heavy (non-hydrogen) atoms. The molecule has 2 aliphatic rings. The number of urea groups is 1. The second-order valence-corrected chi connectivity index (χ2v) is 8.87. The normalized spacial score (nSPS) is 16.9. The van der Waals surface area contributed by atoms with Crippen molar-refractivity contribution in [3.05, 3.63) is 59.9 Å². The molecule has 2 saturated heterocycles. The number of carbonyl (C=O) groups excluding carboxylic acids is 2. The molecule has 158 valence electrons. The van der Waals surface area contributed by atoms with Crippen molar-refractivity contribution in [1.82, 2.24) is 14.8 Å². The van der Waals surface area contributed by atoms with Crippen LogP contribution in [0.4, 0.5) is 10.5 Å². The van der Waals surface area contributed by atoms with E-state index in [9.17, 15) is 9.59 Å². The molecule has 0 aliphatic carbocycles. The lowest BCUT2D eigenvalue weighted by atomic mass is 9.90. The number of nitrogens with one attached hydrogen (secondary N) is 1. The number of pyridine rings is 1. The van der Waals surface area contributed by atoms with Crippen molar-refractivity contribution in [3.8, 4) is 0 Å². The third-order valence-corrected chi connectivity index (χ3v) is 6.13. The Kier molecular flexibility index (Phi) is 6.02. The maximum Gasteiger partial charge on any atom is 0.321 e. The molecule has 2 aliphatic heterocycles. The van der Waals surface area contributed by atoms with Crippen LogP contribution in [-0.2, 0) is 4.79 Å². The highest BCUT2D eigenvalue weighted by molar-refractivity contribution is 5.90. The summed E-state index contributed by atoms with van der Waals surface area (Å²) < 4.78 is 0. The van der Waals surface area contributed by atoms with Crippen LogP contribution >= 0.6 is 0 Å². The molecule has 2 aromatic rings. The highest BCUT2D eigenvalue weighted by atomic mass is 16.2. The summed E-state index contributed by atoms with van der Waals surface area (Å²) in [7, 11) is 0. The van der Waals surface area contributed by atoms with Gasteiger partial charge in [-0.3, -0.25) is 9.78 Å². The first-order valence-electron chi connectivity index (χ1n) is 10.8. The Bertz CT molecular complexity index is 870. The minimum Gasteiger partial charge on any atom is -0.341 e. The van der Waals surface area contributed by atoms with E-state index in [1.807, 2.05) is 34.2 Å². The molecule has 0 atom stereocenters. The van der Waals surface area contributed by atoms with Crippen molar-refractivity contribution in [2.24, 2.45) is 5.92 Å². The second-order valence-electron chi connectivity index (χ2n) is 8.87. The quantitative estimate of drug-likeness (QED) is 0.786. The molecule has 0 saturated carbocycles. The number of likely N-dealkylation sites (tertiary alicyclic amines) is 2. The molecule has 0 bridgehead atoms. The van der Waals surface area contributed by atoms with Crippen LogP contribution in [0.25, 0.3) is 0 Å². The predicted molar refractivity (Wildman–Crippen MR) is 117 cm³/mol. The highest BCUT2D eigenvalue weighted by Gasteiger charge is 2.33. The van der Waals surface area contributed by atoms with Crippen LogP contribution in [0, 0.1) is 5.92 Å². The number of rotatable bonds is 6. The first-order chi connectivity index (χ1) is 14.5. The van der Waals surface area contributed by atoms with E-state index in [-0.39, 0.29) is 11.9 Å². The summed E-state index contributed by atoms with van der Waals surface area (Å²) >= 11 is 0. The smallest absolute Gasteiger partial charge is 0.321 e. The molecule has 3 amide bonds. The van der Waals surface area contributed by atoms with E-state index in [2.05, 4.69) is 42.3 Å². The zero-order valence-electron chi connectivity index (χ0n) is 17.8. The summed E-state index contributed by atoms with van der Waals surface area (Å²) in [6, 6.07) is 12.0. The summed E-state index contributed by atoms with van der Waals surface area (Å²) in [5, 5.41) is 2.98. The number of aromatic nitrogens is 1. The molecule has 1 aromatic heterocycles. The van der Waals surface area contributed by atoms with E-state index >= 15 is 0 Å². The Morgan fingerprint density at radius 2 is 1.67 bits per heavy atom. The van der Waals surface area contributed by atoms with Gasteiger partial charge in [-0.15, -0.1) is 0 Å². The van der Waals surface area contributed by atoms with Crippen molar-refractivity contribution < 1.29 is 9.59 Å².